The minimum Gasteiger partial charge on any atom is -0.497 e. The zero-order valence-corrected chi connectivity index (χ0v) is 13.5. The molecule has 1 atom stereocenters. The second-order valence-electron chi connectivity index (χ2n) is 5.25. The predicted octanol–water partition coefficient (Wildman–Crippen LogP) is 1.76. The molecule has 0 aliphatic rings. The van der Waals surface area contributed by atoms with Gasteiger partial charge in [0.05, 0.1) is 7.11 Å². The number of primary amides is 1. The maximum Gasteiger partial charge on any atom is 0.318 e. The van der Waals surface area contributed by atoms with E-state index < -0.39 is 18.0 Å². The second-order valence-corrected chi connectivity index (χ2v) is 5.25. The van der Waals surface area contributed by atoms with Gasteiger partial charge < -0.3 is 15.8 Å². The average molecular weight is 327 g/mol. The molecule has 0 fully saturated rings. The van der Waals surface area contributed by atoms with E-state index in [1.807, 2.05) is 54.6 Å². The zero-order chi connectivity index (χ0) is 17.4. The van der Waals surface area contributed by atoms with E-state index in [0.29, 0.717) is 6.54 Å². The Labute approximate surface area is 141 Å². The first-order valence-corrected chi connectivity index (χ1v) is 7.61. The van der Waals surface area contributed by atoms with Gasteiger partial charge in [-0.25, -0.2) is 4.79 Å². The molecule has 24 heavy (non-hydrogen) atoms. The number of amides is 3. The van der Waals surface area contributed by atoms with Gasteiger partial charge in [0.15, 0.2) is 0 Å². The number of imide groups is 1. The summed E-state index contributed by atoms with van der Waals surface area (Å²) in [6, 6.07) is 15.4. The quantitative estimate of drug-likeness (QED) is 0.722. The number of methoxy groups -OCH3 is 1. The highest BCUT2D eigenvalue weighted by atomic mass is 16.5. The van der Waals surface area contributed by atoms with Crippen LogP contribution in [-0.4, -0.2) is 25.6 Å². The summed E-state index contributed by atoms with van der Waals surface area (Å²) in [5, 5.41) is 5.29. The van der Waals surface area contributed by atoms with E-state index in [2.05, 4.69) is 10.6 Å². The molecule has 0 saturated carbocycles. The summed E-state index contributed by atoms with van der Waals surface area (Å²) < 4.78 is 5.13. The Balaban J connectivity index is 1.99. The molecule has 2 aromatic carbocycles. The van der Waals surface area contributed by atoms with Crippen molar-refractivity contribution in [2.24, 2.45) is 5.73 Å². The van der Waals surface area contributed by atoms with Crippen LogP contribution < -0.4 is 21.1 Å². The number of carbonyl (C=O) groups excluding carboxylic acids is 2. The lowest BCUT2D eigenvalue weighted by atomic mass is 10.1. The lowest BCUT2D eigenvalue weighted by molar-refractivity contribution is -0.122. The molecule has 0 spiro atoms. The normalized spacial score (nSPS) is 11.5. The summed E-state index contributed by atoms with van der Waals surface area (Å²) in [6.07, 6.45) is 0.733. The monoisotopic (exact) mass is 327 g/mol. The van der Waals surface area contributed by atoms with E-state index in [-0.39, 0.29) is 0 Å². The Bertz CT molecular complexity index is 672. The fraction of sp³-hybridized carbons (Fsp3) is 0.222. The molecule has 4 N–H and O–H groups in total. The van der Waals surface area contributed by atoms with Gasteiger partial charge in [-0.05, 0) is 29.7 Å². The van der Waals surface area contributed by atoms with E-state index in [1.165, 1.54) is 0 Å². The summed E-state index contributed by atoms with van der Waals surface area (Å²) in [5.41, 5.74) is 6.93. The predicted molar refractivity (Wildman–Crippen MR) is 91.6 cm³/mol. The van der Waals surface area contributed by atoms with Gasteiger partial charge in [0.2, 0.25) is 5.91 Å². The topological polar surface area (TPSA) is 93.4 Å². The van der Waals surface area contributed by atoms with E-state index in [9.17, 15) is 9.59 Å². The van der Waals surface area contributed by atoms with Crippen LogP contribution in [0.1, 0.15) is 17.2 Å². The minimum absolute atomic E-state index is 0.469. The Morgan fingerprint density at radius 1 is 1.08 bits per heavy atom. The molecule has 3 amide bonds. The van der Waals surface area contributed by atoms with Crippen LogP contribution >= 0.6 is 0 Å². The molecule has 2 aromatic rings. The van der Waals surface area contributed by atoms with Gasteiger partial charge in [0.25, 0.3) is 0 Å². The molecular weight excluding hydrogens is 306 g/mol. The molecule has 2 rings (SSSR count). The third-order valence-corrected chi connectivity index (χ3v) is 3.56. The van der Waals surface area contributed by atoms with Crippen LogP contribution in [0.4, 0.5) is 4.79 Å². The highest BCUT2D eigenvalue weighted by Gasteiger charge is 2.20. The molecule has 6 nitrogen and oxygen atoms in total. The maximum atomic E-state index is 12.2. The smallest absolute Gasteiger partial charge is 0.318 e. The number of carbonyl (C=O) groups is 2. The first kappa shape index (κ1) is 17.5. The number of hydrogen-bond donors (Lipinski definition) is 3. The molecule has 0 unspecified atom stereocenters. The summed E-state index contributed by atoms with van der Waals surface area (Å²) in [5.74, 6) is 0.332. The number of benzene rings is 2. The number of urea groups is 1. The SMILES string of the molecule is COc1ccc(CCN[C@@H](C(=O)NC(N)=O)c2ccccc2)cc1. The van der Waals surface area contributed by atoms with Crippen LogP contribution in [-0.2, 0) is 11.2 Å². The first-order chi connectivity index (χ1) is 11.6. The van der Waals surface area contributed by atoms with Gasteiger partial charge in [-0.1, -0.05) is 42.5 Å². The molecule has 6 heteroatoms. The molecular formula is C18H21N3O3. The van der Waals surface area contributed by atoms with E-state index in [4.69, 9.17) is 10.5 Å². The van der Waals surface area contributed by atoms with Crippen molar-refractivity contribution in [3.8, 4) is 5.75 Å². The molecule has 0 heterocycles. The third-order valence-electron chi connectivity index (χ3n) is 3.56. The van der Waals surface area contributed by atoms with Crippen molar-refractivity contribution in [3.63, 3.8) is 0 Å². The number of hydrogen-bond acceptors (Lipinski definition) is 4. The fourth-order valence-corrected chi connectivity index (χ4v) is 2.35. The number of nitrogens with one attached hydrogen (secondary N) is 2. The fourth-order valence-electron chi connectivity index (χ4n) is 2.35. The van der Waals surface area contributed by atoms with Crippen molar-refractivity contribution in [3.05, 3.63) is 65.7 Å². The van der Waals surface area contributed by atoms with Crippen molar-refractivity contribution in [2.45, 2.75) is 12.5 Å². The van der Waals surface area contributed by atoms with Gasteiger partial charge in [-0.15, -0.1) is 0 Å². The van der Waals surface area contributed by atoms with Crippen LogP contribution in [0.5, 0.6) is 5.75 Å². The molecule has 0 aromatic heterocycles. The minimum atomic E-state index is -0.863. The molecule has 0 aliphatic carbocycles. The highest BCUT2D eigenvalue weighted by molar-refractivity contribution is 5.96. The van der Waals surface area contributed by atoms with Crippen LogP contribution in [0, 0.1) is 0 Å². The summed E-state index contributed by atoms with van der Waals surface area (Å²) in [6.45, 7) is 0.568. The summed E-state index contributed by atoms with van der Waals surface area (Å²) in [4.78, 5) is 23.1. The third kappa shape index (κ3) is 5.10. The van der Waals surface area contributed by atoms with Crippen molar-refractivity contribution in [2.75, 3.05) is 13.7 Å². The highest BCUT2D eigenvalue weighted by Crippen LogP contribution is 2.14. The van der Waals surface area contributed by atoms with Crippen molar-refractivity contribution in [1.82, 2.24) is 10.6 Å². The molecule has 0 aliphatic heterocycles. The lowest BCUT2D eigenvalue weighted by Crippen LogP contribution is -2.43. The van der Waals surface area contributed by atoms with Crippen molar-refractivity contribution >= 4 is 11.9 Å². The molecule has 0 saturated heterocycles. The van der Waals surface area contributed by atoms with Gasteiger partial charge in [-0.2, -0.15) is 0 Å². The van der Waals surface area contributed by atoms with Crippen LogP contribution in [0.3, 0.4) is 0 Å². The number of ether oxygens (including phenoxy) is 1. The van der Waals surface area contributed by atoms with Crippen LogP contribution in [0.2, 0.25) is 0 Å². The van der Waals surface area contributed by atoms with Gasteiger partial charge in [0.1, 0.15) is 11.8 Å². The largest absolute Gasteiger partial charge is 0.497 e. The van der Waals surface area contributed by atoms with E-state index in [1.54, 1.807) is 7.11 Å². The Morgan fingerprint density at radius 2 is 1.75 bits per heavy atom. The molecule has 126 valence electrons. The standard InChI is InChI=1S/C18H21N3O3/c1-24-15-9-7-13(8-10-15)11-12-20-16(17(22)21-18(19)23)14-5-3-2-4-6-14/h2-10,16,20H,11-12H2,1H3,(H3,19,21,22,23)/t16-/m1/s1. The molecule has 0 radical (unpaired) electrons. The zero-order valence-electron chi connectivity index (χ0n) is 13.5. The van der Waals surface area contributed by atoms with Gasteiger partial charge >= 0.3 is 6.03 Å². The Kier molecular flexibility index (Phi) is 6.33. The maximum absolute atomic E-state index is 12.2. The average Bonchev–Trinajstić information content (AvgIpc) is 2.59. The van der Waals surface area contributed by atoms with E-state index >= 15 is 0 Å². The Hall–Kier alpha value is -2.86. The van der Waals surface area contributed by atoms with Crippen LogP contribution in [0.15, 0.2) is 54.6 Å². The van der Waals surface area contributed by atoms with Gasteiger partial charge in [0, 0.05) is 6.54 Å². The van der Waals surface area contributed by atoms with Crippen molar-refractivity contribution in [1.29, 1.82) is 0 Å². The molecule has 0 bridgehead atoms. The van der Waals surface area contributed by atoms with E-state index in [0.717, 1.165) is 23.3 Å². The van der Waals surface area contributed by atoms with Crippen molar-refractivity contribution < 1.29 is 14.3 Å². The summed E-state index contributed by atoms with van der Waals surface area (Å²) >= 11 is 0. The van der Waals surface area contributed by atoms with Crippen LogP contribution in [0.25, 0.3) is 0 Å². The number of nitrogens with two attached hydrogens (primary N) is 1. The number of rotatable bonds is 7. The Morgan fingerprint density at radius 3 is 2.33 bits per heavy atom. The first-order valence-electron chi connectivity index (χ1n) is 7.61. The second kappa shape index (κ2) is 8.69. The summed E-state index contributed by atoms with van der Waals surface area (Å²) in [7, 11) is 1.62. The van der Waals surface area contributed by atoms with Gasteiger partial charge in [-0.3, -0.25) is 10.1 Å². The lowest BCUT2D eigenvalue weighted by Gasteiger charge is -2.18.